The molecule has 2 aliphatic heterocycles. The van der Waals surface area contributed by atoms with Gasteiger partial charge in [-0.25, -0.2) is 4.39 Å². The van der Waals surface area contributed by atoms with Crippen LogP contribution in [-0.2, 0) is 19.4 Å². The van der Waals surface area contributed by atoms with E-state index in [0.717, 1.165) is 67.6 Å². The molecule has 2 aromatic rings. The number of anilines is 1. The number of rotatable bonds is 4. The zero-order chi connectivity index (χ0) is 25.9. The van der Waals surface area contributed by atoms with E-state index in [1.807, 2.05) is 25.1 Å². The molecule has 0 atom stereocenters. The molecule has 198 valence electrons. The average molecular weight is 507 g/mol. The van der Waals surface area contributed by atoms with Crippen LogP contribution in [0.3, 0.4) is 0 Å². The molecule has 0 unspecified atom stereocenters. The summed E-state index contributed by atoms with van der Waals surface area (Å²) >= 11 is 0. The van der Waals surface area contributed by atoms with E-state index < -0.39 is 6.17 Å². The van der Waals surface area contributed by atoms with E-state index >= 15 is 0 Å². The molecule has 5 rings (SSSR count). The second-order valence-electron chi connectivity index (χ2n) is 10.8. The predicted octanol–water partition coefficient (Wildman–Crippen LogP) is 4.45. The van der Waals surface area contributed by atoms with Crippen LogP contribution in [0.15, 0.2) is 41.2 Å². The molecular weight excluding hydrogens is 467 g/mol. The molecule has 3 aliphatic rings. The number of hydrogen-bond acceptors (Lipinski definition) is 4. The third-order valence-corrected chi connectivity index (χ3v) is 8.39. The highest BCUT2D eigenvalue weighted by atomic mass is 19.1. The van der Waals surface area contributed by atoms with Gasteiger partial charge in [-0.1, -0.05) is 18.2 Å². The van der Waals surface area contributed by atoms with Crippen LogP contribution in [0.5, 0.6) is 0 Å². The minimum absolute atomic E-state index is 0.127. The Balaban J connectivity index is 1.39. The molecule has 7 heteroatoms. The number of H-pyrrole nitrogens is 1. The summed E-state index contributed by atoms with van der Waals surface area (Å²) < 4.78 is 13.4. The number of carbonyl (C=O) groups excluding carboxylic acids is 1. The highest BCUT2D eigenvalue weighted by Gasteiger charge is 2.36. The molecular formula is C30H39FN4O2. The van der Waals surface area contributed by atoms with Gasteiger partial charge in [0.2, 0.25) is 0 Å². The Bertz CT molecular complexity index is 1210. The summed E-state index contributed by atoms with van der Waals surface area (Å²) in [6, 6.07) is 8.95. The number of pyridine rings is 1. The number of carbonyl (C=O) groups is 1. The molecule has 0 spiro atoms. The first kappa shape index (κ1) is 25.7. The van der Waals surface area contributed by atoms with E-state index in [1.54, 1.807) is 0 Å². The number of fused-ring (bicyclic) bond motifs is 2. The molecule has 37 heavy (non-hydrogen) atoms. The molecule has 1 aromatic heterocycles. The van der Waals surface area contributed by atoms with Crippen molar-refractivity contribution in [3.8, 4) is 0 Å². The van der Waals surface area contributed by atoms with E-state index in [4.69, 9.17) is 0 Å². The first-order valence-electron chi connectivity index (χ1n) is 13.9. The summed E-state index contributed by atoms with van der Waals surface area (Å²) in [7, 11) is 0. The molecule has 1 saturated heterocycles. The van der Waals surface area contributed by atoms with Gasteiger partial charge in [0.1, 0.15) is 6.17 Å². The molecule has 1 saturated carbocycles. The van der Waals surface area contributed by atoms with Gasteiger partial charge in [0.25, 0.3) is 11.5 Å². The number of benzene rings is 1. The Morgan fingerprint density at radius 3 is 2.59 bits per heavy atom. The van der Waals surface area contributed by atoms with Crippen molar-refractivity contribution in [1.29, 1.82) is 0 Å². The first-order chi connectivity index (χ1) is 17.9. The standard InChI is InChI=1S/C30H39FN4O2/c1-3-35(24-14-12-23(13-15-24)34-18-22(31)19-34)28-11-7-10-26-25(28)9-6-4-5-8-21-16-20(2)33-30(37)27(21)17-32-29(26)36/h4,6-7,10-11,16,22-24H,3,5,8-9,12-15,17-19H2,1-2H3,(H,32,36)(H,33,37)/t23-,24+. The van der Waals surface area contributed by atoms with E-state index in [0.29, 0.717) is 42.7 Å². The Morgan fingerprint density at radius 1 is 1.08 bits per heavy atom. The van der Waals surface area contributed by atoms with Gasteiger partial charge in [-0.15, -0.1) is 0 Å². The Labute approximate surface area is 218 Å². The number of aryl methyl sites for hydroxylation is 2. The second-order valence-corrected chi connectivity index (χ2v) is 10.8. The lowest BCUT2D eigenvalue weighted by Crippen LogP contribution is -2.55. The molecule has 0 radical (unpaired) electrons. The van der Waals surface area contributed by atoms with Crippen molar-refractivity contribution in [3.63, 3.8) is 0 Å². The Kier molecular flexibility index (Phi) is 7.79. The van der Waals surface area contributed by atoms with Crippen LogP contribution in [0, 0.1) is 6.92 Å². The number of allylic oxidation sites excluding steroid dienone is 2. The van der Waals surface area contributed by atoms with Crippen LogP contribution in [-0.4, -0.2) is 53.7 Å². The van der Waals surface area contributed by atoms with E-state index in [2.05, 4.69) is 45.2 Å². The lowest BCUT2D eigenvalue weighted by atomic mass is 9.87. The van der Waals surface area contributed by atoms with Crippen molar-refractivity contribution in [1.82, 2.24) is 15.2 Å². The van der Waals surface area contributed by atoms with Gasteiger partial charge < -0.3 is 15.2 Å². The highest BCUT2D eigenvalue weighted by molar-refractivity contribution is 5.97. The normalized spacial score (nSPS) is 23.2. The number of nitrogens with zero attached hydrogens (tertiary/aromatic N) is 2. The van der Waals surface area contributed by atoms with E-state index in [9.17, 15) is 14.0 Å². The maximum Gasteiger partial charge on any atom is 0.253 e. The van der Waals surface area contributed by atoms with Gasteiger partial charge in [-0.05, 0) is 88.1 Å². The van der Waals surface area contributed by atoms with Gasteiger partial charge >= 0.3 is 0 Å². The van der Waals surface area contributed by atoms with Gasteiger partial charge in [0.15, 0.2) is 0 Å². The van der Waals surface area contributed by atoms with Crippen molar-refractivity contribution in [2.24, 2.45) is 0 Å². The summed E-state index contributed by atoms with van der Waals surface area (Å²) in [6.07, 6.45) is 10.3. The lowest BCUT2D eigenvalue weighted by molar-refractivity contribution is 0.0120. The van der Waals surface area contributed by atoms with Crippen molar-refractivity contribution in [3.05, 3.63) is 74.7 Å². The van der Waals surface area contributed by atoms with Crippen LogP contribution in [0.2, 0.25) is 0 Å². The number of alkyl halides is 1. The summed E-state index contributed by atoms with van der Waals surface area (Å²) in [5.41, 5.74) is 5.19. The molecule has 0 bridgehead atoms. The topological polar surface area (TPSA) is 68.4 Å². The summed E-state index contributed by atoms with van der Waals surface area (Å²) in [4.78, 5) is 33.7. The molecule has 6 nitrogen and oxygen atoms in total. The SMILES string of the molecule is CCN(c1cccc2c1CC=CCCc1cc(C)[nH]c(=O)c1CNC2=O)[C@H]1CC[C@@H](N2CC(F)C2)CC1. The van der Waals surface area contributed by atoms with Crippen molar-refractivity contribution in [2.45, 2.75) is 83.6 Å². The molecule has 1 amide bonds. The molecule has 1 aliphatic carbocycles. The number of halogens is 1. The molecule has 1 aromatic carbocycles. The first-order valence-corrected chi connectivity index (χ1v) is 13.9. The lowest BCUT2D eigenvalue weighted by Gasteiger charge is -2.46. The number of aromatic amines is 1. The molecule has 2 N–H and O–H groups in total. The number of likely N-dealkylation sites (tertiary alicyclic amines) is 1. The van der Waals surface area contributed by atoms with Gasteiger partial charge in [0, 0.05) is 60.8 Å². The fourth-order valence-electron chi connectivity index (χ4n) is 6.41. The summed E-state index contributed by atoms with van der Waals surface area (Å²) in [5.74, 6) is -0.143. The molecule has 2 fully saturated rings. The third-order valence-electron chi connectivity index (χ3n) is 8.39. The van der Waals surface area contributed by atoms with Crippen LogP contribution in [0.1, 0.15) is 71.8 Å². The van der Waals surface area contributed by atoms with Gasteiger partial charge in [-0.3, -0.25) is 14.5 Å². The zero-order valence-electron chi connectivity index (χ0n) is 22.1. The smallest absolute Gasteiger partial charge is 0.253 e. The number of hydrogen-bond donors (Lipinski definition) is 2. The maximum absolute atomic E-state index is 13.4. The molecule has 3 heterocycles. The van der Waals surface area contributed by atoms with Crippen molar-refractivity contribution in [2.75, 3.05) is 24.5 Å². The largest absolute Gasteiger partial charge is 0.369 e. The zero-order valence-corrected chi connectivity index (χ0v) is 22.1. The number of amides is 1. The average Bonchev–Trinajstić information content (AvgIpc) is 2.86. The summed E-state index contributed by atoms with van der Waals surface area (Å²) in [5, 5.41) is 3.03. The maximum atomic E-state index is 13.4. The van der Waals surface area contributed by atoms with Crippen molar-refractivity contribution < 1.29 is 9.18 Å². The predicted molar refractivity (Wildman–Crippen MR) is 146 cm³/mol. The Hall–Kier alpha value is -2.93. The van der Waals surface area contributed by atoms with E-state index in [1.165, 1.54) is 0 Å². The minimum atomic E-state index is -0.648. The quantitative estimate of drug-likeness (QED) is 0.602. The van der Waals surface area contributed by atoms with Crippen molar-refractivity contribution >= 4 is 11.6 Å². The van der Waals surface area contributed by atoms with Gasteiger partial charge in [-0.2, -0.15) is 0 Å². The fraction of sp³-hybridized carbons (Fsp3) is 0.533. The second kappa shape index (κ2) is 11.2. The van der Waals surface area contributed by atoms with E-state index in [-0.39, 0.29) is 18.0 Å². The van der Waals surface area contributed by atoms with Crippen LogP contribution in [0.4, 0.5) is 10.1 Å². The monoisotopic (exact) mass is 506 g/mol. The van der Waals surface area contributed by atoms with Crippen LogP contribution >= 0.6 is 0 Å². The van der Waals surface area contributed by atoms with Gasteiger partial charge in [0.05, 0.1) is 0 Å². The number of aromatic nitrogens is 1. The number of nitrogens with one attached hydrogen (secondary N) is 2. The van der Waals surface area contributed by atoms with Crippen LogP contribution < -0.4 is 15.8 Å². The third kappa shape index (κ3) is 5.52. The fourth-order valence-corrected chi connectivity index (χ4v) is 6.41. The van der Waals surface area contributed by atoms with Crippen LogP contribution in [0.25, 0.3) is 0 Å². The minimum Gasteiger partial charge on any atom is -0.369 e. The highest BCUT2D eigenvalue weighted by Crippen LogP contribution is 2.34. The Morgan fingerprint density at radius 2 is 1.86 bits per heavy atom. The summed E-state index contributed by atoms with van der Waals surface area (Å²) in [6.45, 7) is 6.35.